The van der Waals surface area contributed by atoms with E-state index in [1.165, 1.54) is 0 Å². The molecule has 108 valence electrons. The van der Waals surface area contributed by atoms with Crippen LogP contribution in [0.5, 0.6) is 0 Å². The number of rotatable bonds is 2. The van der Waals surface area contributed by atoms with E-state index in [1.807, 2.05) is 30.1 Å². The maximum atomic E-state index is 11.8. The Hall–Kier alpha value is -1.88. The zero-order valence-corrected chi connectivity index (χ0v) is 12.2. The highest BCUT2D eigenvalue weighted by molar-refractivity contribution is 5.94. The van der Waals surface area contributed by atoms with Gasteiger partial charge in [0.1, 0.15) is 0 Å². The van der Waals surface area contributed by atoms with Gasteiger partial charge in [-0.05, 0) is 24.7 Å². The van der Waals surface area contributed by atoms with Crippen LogP contribution in [0.25, 0.3) is 0 Å². The maximum absolute atomic E-state index is 11.8. The highest BCUT2D eigenvalue weighted by Gasteiger charge is 2.28. The van der Waals surface area contributed by atoms with Gasteiger partial charge in [-0.2, -0.15) is 0 Å². The van der Waals surface area contributed by atoms with Crippen LogP contribution in [0.15, 0.2) is 24.3 Å². The SMILES string of the molecule is CNC(=O)c1cccc([C@@H]2CN(C)CCN2C(C)=O)c1. The van der Waals surface area contributed by atoms with Gasteiger partial charge in [0, 0.05) is 39.2 Å². The van der Waals surface area contributed by atoms with Crippen molar-refractivity contribution < 1.29 is 9.59 Å². The molecule has 0 unspecified atom stereocenters. The highest BCUT2D eigenvalue weighted by atomic mass is 16.2. The van der Waals surface area contributed by atoms with Crippen LogP contribution in [0.3, 0.4) is 0 Å². The van der Waals surface area contributed by atoms with Crippen LogP contribution in [-0.2, 0) is 4.79 Å². The molecule has 1 aliphatic rings. The number of amides is 2. The van der Waals surface area contributed by atoms with Gasteiger partial charge in [0.2, 0.25) is 5.91 Å². The third kappa shape index (κ3) is 2.99. The molecule has 1 aliphatic heterocycles. The lowest BCUT2D eigenvalue weighted by molar-refractivity contribution is -0.133. The molecule has 1 heterocycles. The Morgan fingerprint density at radius 1 is 1.30 bits per heavy atom. The van der Waals surface area contributed by atoms with Gasteiger partial charge in [0.05, 0.1) is 6.04 Å². The molecule has 1 saturated heterocycles. The van der Waals surface area contributed by atoms with E-state index in [0.717, 1.165) is 25.2 Å². The summed E-state index contributed by atoms with van der Waals surface area (Å²) in [5.74, 6) is -0.0289. The van der Waals surface area contributed by atoms with Crippen LogP contribution in [-0.4, -0.2) is 55.3 Å². The smallest absolute Gasteiger partial charge is 0.251 e. The Labute approximate surface area is 119 Å². The van der Waals surface area contributed by atoms with Crippen molar-refractivity contribution >= 4 is 11.8 Å². The first-order valence-electron chi connectivity index (χ1n) is 6.80. The molecule has 0 radical (unpaired) electrons. The molecular formula is C15H21N3O2. The van der Waals surface area contributed by atoms with Crippen molar-refractivity contribution in [3.8, 4) is 0 Å². The van der Waals surface area contributed by atoms with E-state index >= 15 is 0 Å². The summed E-state index contributed by atoms with van der Waals surface area (Å²) in [7, 11) is 3.67. The second-order valence-corrected chi connectivity index (χ2v) is 5.20. The second-order valence-electron chi connectivity index (χ2n) is 5.20. The summed E-state index contributed by atoms with van der Waals surface area (Å²) < 4.78 is 0. The lowest BCUT2D eigenvalue weighted by Gasteiger charge is -2.40. The molecule has 0 bridgehead atoms. The number of likely N-dealkylation sites (N-methyl/N-ethyl adjacent to an activating group) is 1. The fourth-order valence-corrected chi connectivity index (χ4v) is 2.61. The predicted octanol–water partition coefficient (Wildman–Crippen LogP) is 0.881. The van der Waals surface area contributed by atoms with Gasteiger partial charge in [0.25, 0.3) is 5.91 Å². The molecular weight excluding hydrogens is 254 g/mol. The standard InChI is InChI=1S/C15H21N3O2/c1-11(19)18-8-7-17(3)10-14(18)12-5-4-6-13(9-12)15(20)16-2/h4-6,9,14H,7-8,10H2,1-3H3,(H,16,20)/t14-/m0/s1. The molecule has 1 aromatic rings. The van der Waals surface area contributed by atoms with Crippen LogP contribution >= 0.6 is 0 Å². The van der Waals surface area contributed by atoms with Gasteiger partial charge in [-0.1, -0.05) is 12.1 Å². The Balaban J connectivity index is 2.31. The number of piperazine rings is 1. The summed E-state index contributed by atoms with van der Waals surface area (Å²) in [5, 5.41) is 2.62. The monoisotopic (exact) mass is 275 g/mol. The van der Waals surface area contributed by atoms with Crippen molar-refractivity contribution in [2.24, 2.45) is 0 Å². The van der Waals surface area contributed by atoms with Crippen molar-refractivity contribution in [3.63, 3.8) is 0 Å². The molecule has 0 saturated carbocycles. The van der Waals surface area contributed by atoms with Crippen molar-refractivity contribution in [1.29, 1.82) is 0 Å². The molecule has 1 aromatic carbocycles. The number of benzene rings is 1. The lowest BCUT2D eigenvalue weighted by atomic mass is 10.00. The molecule has 1 fully saturated rings. The van der Waals surface area contributed by atoms with E-state index in [1.54, 1.807) is 20.0 Å². The Kier molecular flexibility index (Phi) is 4.39. The minimum Gasteiger partial charge on any atom is -0.355 e. The summed E-state index contributed by atoms with van der Waals surface area (Å²) in [5.41, 5.74) is 1.63. The third-order valence-corrected chi connectivity index (χ3v) is 3.75. The van der Waals surface area contributed by atoms with E-state index in [4.69, 9.17) is 0 Å². The number of nitrogens with zero attached hydrogens (tertiary/aromatic N) is 2. The highest BCUT2D eigenvalue weighted by Crippen LogP contribution is 2.25. The zero-order chi connectivity index (χ0) is 14.7. The molecule has 1 N–H and O–H groups in total. The quantitative estimate of drug-likeness (QED) is 0.872. The molecule has 0 aliphatic carbocycles. The predicted molar refractivity (Wildman–Crippen MR) is 77.5 cm³/mol. The molecule has 20 heavy (non-hydrogen) atoms. The molecule has 5 nitrogen and oxygen atoms in total. The van der Waals surface area contributed by atoms with Gasteiger partial charge < -0.3 is 15.1 Å². The average molecular weight is 275 g/mol. The molecule has 2 rings (SSSR count). The first-order chi connectivity index (χ1) is 9.52. The van der Waals surface area contributed by atoms with Gasteiger partial charge in [0.15, 0.2) is 0 Å². The second kappa shape index (κ2) is 6.05. The van der Waals surface area contributed by atoms with Crippen molar-refractivity contribution in [3.05, 3.63) is 35.4 Å². The topological polar surface area (TPSA) is 52.7 Å². The van der Waals surface area contributed by atoms with E-state index in [-0.39, 0.29) is 17.9 Å². The van der Waals surface area contributed by atoms with Crippen LogP contribution in [0, 0.1) is 0 Å². The number of carbonyl (C=O) groups excluding carboxylic acids is 2. The minimum absolute atomic E-state index is 0.0101. The van der Waals surface area contributed by atoms with Crippen molar-refractivity contribution in [1.82, 2.24) is 15.1 Å². The Morgan fingerprint density at radius 2 is 2.05 bits per heavy atom. The first kappa shape index (κ1) is 14.5. The summed E-state index contributed by atoms with van der Waals surface area (Å²) in [6, 6.07) is 7.51. The Bertz CT molecular complexity index is 516. The van der Waals surface area contributed by atoms with Crippen LogP contribution in [0.2, 0.25) is 0 Å². The Morgan fingerprint density at radius 3 is 2.70 bits per heavy atom. The van der Waals surface area contributed by atoms with E-state index in [2.05, 4.69) is 10.2 Å². The molecule has 0 spiro atoms. The zero-order valence-electron chi connectivity index (χ0n) is 12.2. The molecule has 1 atom stereocenters. The minimum atomic E-state index is -0.106. The van der Waals surface area contributed by atoms with Gasteiger partial charge in [-0.15, -0.1) is 0 Å². The number of hydrogen-bond donors (Lipinski definition) is 1. The summed E-state index contributed by atoms with van der Waals surface area (Å²) >= 11 is 0. The van der Waals surface area contributed by atoms with E-state index in [0.29, 0.717) is 5.56 Å². The fraction of sp³-hybridized carbons (Fsp3) is 0.467. The van der Waals surface area contributed by atoms with E-state index in [9.17, 15) is 9.59 Å². The number of hydrogen-bond acceptors (Lipinski definition) is 3. The number of nitrogens with one attached hydrogen (secondary N) is 1. The normalized spacial score (nSPS) is 19.8. The van der Waals surface area contributed by atoms with E-state index < -0.39 is 0 Å². The van der Waals surface area contributed by atoms with Gasteiger partial charge >= 0.3 is 0 Å². The fourth-order valence-electron chi connectivity index (χ4n) is 2.61. The number of carbonyl (C=O) groups is 2. The molecule has 2 amide bonds. The molecule has 5 heteroatoms. The van der Waals surface area contributed by atoms with Gasteiger partial charge in [-0.3, -0.25) is 9.59 Å². The summed E-state index contributed by atoms with van der Waals surface area (Å²) in [6.07, 6.45) is 0. The van der Waals surface area contributed by atoms with Crippen molar-refractivity contribution in [2.75, 3.05) is 33.7 Å². The lowest BCUT2D eigenvalue weighted by Crippen LogP contribution is -2.48. The third-order valence-electron chi connectivity index (χ3n) is 3.75. The maximum Gasteiger partial charge on any atom is 0.251 e. The van der Waals surface area contributed by atoms with Crippen LogP contribution in [0.4, 0.5) is 0 Å². The summed E-state index contributed by atoms with van der Waals surface area (Å²) in [4.78, 5) is 27.6. The average Bonchev–Trinajstić information content (AvgIpc) is 2.46. The first-order valence-corrected chi connectivity index (χ1v) is 6.80. The largest absolute Gasteiger partial charge is 0.355 e. The van der Waals surface area contributed by atoms with Crippen molar-refractivity contribution in [2.45, 2.75) is 13.0 Å². The summed E-state index contributed by atoms with van der Waals surface area (Å²) in [6.45, 7) is 3.99. The van der Waals surface area contributed by atoms with Crippen LogP contribution in [0.1, 0.15) is 28.9 Å². The van der Waals surface area contributed by atoms with Gasteiger partial charge in [-0.25, -0.2) is 0 Å². The molecule has 0 aromatic heterocycles. The van der Waals surface area contributed by atoms with Crippen LogP contribution < -0.4 is 5.32 Å².